The topological polar surface area (TPSA) is 38.0 Å². The van der Waals surface area contributed by atoms with Crippen LogP contribution < -0.4 is 11.3 Å². The van der Waals surface area contributed by atoms with Crippen LogP contribution >= 0.6 is 11.8 Å². The fourth-order valence-corrected chi connectivity index (χ4v) is 2.08. The minimum atomic E-state index is 0.558. The van der Waals surface area contributed by atoms with E-state index in [0.717, 1.165) is 11.2 Å². The first-order valence-corrected chi connectivity index (χ1v) is 5.36. The van der Waals surface area contributed by atoms with Crippen molar-refractivity contribution in [3.8, 4) is 0 Å². The van der Waals surface area contributed by atoms with Crippen LogP contribution in [0.3, 0.4) is 0 Å². The van der Waals surface area contributed by atoms with Crippen LogP contribution in [0, 0.1) is 5.92 Å². The zero-order valence-electron chi connectivity index (χ0n) is 7.34. The van der Waals surface area contributed by atoms with Gasteiger partial charge in [0.15, 0.2) is 0 Å². The Bertz CT molecular complexity index is 113. The number of rotatable bonds is 5. The quantitative estimate of drug-likeness (QED) is 0.488. The van der Waals surface area contributed by atoms with Crippen LogP contribution in [-0.4, -0.2) is 17.0 Å². The van der Waals surface area contributed by atoms with E-state index < -0.39 is 0 Å². The molecular formula is C8H18N2S. The molecule has 11 heavy (non-hydrogen) atoms. The molecule has 2 nitrogen and oxygen atoms in total. The van der Waals surface area contributed by atoms with Crippen molar-refractivity contribution in [1.82, 2.24) is 5.43 Å². The molecule has 0 amide bonds. The molecule has 1 saturated carbocycles. The van der Waals surface area contributed by atoms with Gasteiger partial charge in [0.1, 0.15) is 0 Å². The maximum Gasteiger partial charge on any atom is 0.0329 e. The maximum absolute atomic E-state index is 5.44. The number of thioether (sulfide) groups is 1. The van der Waals surface area contributed by atoms with E-state index in [1.807, 2.05) is 11.8 Å². The van der Waals surface area contributed by atoms with Gasteiger partial charge >= 0.3 is 0 Å². The Labute approximate surface area is 73.3 Å². The summed E-state index contributed by atoms with van der Waals surface area (Å²) in [6, 6.07) is 0.558. The lowest BCUT2D eigenvalue weighted by Gasteiger charge is -2.15. The van der Waals surface area contributed by atoms with Gasteiger partial charge in [-0.2, -0.15) is 11.8 Å². The Hall–Kier alpha value is 0.270. The number of nitrogens with two attached hydrogens (primary N) is 1. The molecule has 0 radical (unpaired) electrons. The van der Waals surface area contributed by atoms with E-state index in [1.54, 1.807) is 0 Å². The van der Waals surface area contributed by atoms with Crippen LogP contribution in [0.5, 0.6) is 0 Å². The first-order chi connectivity index (χ1) is 5.24. The molecule has 0 saturated heterocycles. The molecule has 1 atom stereocenters. The van der Waals surface area contributed by atoms with Crippen molar-refractivity contribution in [2.45, 2.75) is 38.0 Å². The highest BCUT2D eigenvalue weighted by atomic mass is 32.2. The molecule has 0 aromatic rings. The summed E-state index contributed by atoms with van der Waals surface area (Å²) in [5.74, 6) is 7.47. The Morgan fingerprint density at radius 1 is 1.55 bits per heavy atom. The minimum Gasteiger partial charge on any atom is -0.271 e. The van der Waals surface area contributed by atoms with Gasteiger partial charge in [-0.25, -0.2) is 0 Å². The van der Waals surface area contributed by atoms with E-state index in [2.05, 4.69) is 19.3 Å². The predicted molar refractivity (Wildman–Crippen MR) is 51.4 cm³/mol. The van der Waals surface area contributed by atoms with Gasteiger partial charge in [-0.05, 0) is 24.0 Å². The van der Waals surface area contributed by atoms with Crippen LogP contribution in [0.4, 0.5) is 0 Å². The third-order valence-electron chi connectivity index (χ3n) is 2.01. The molecule has 66 valence electrons. The third-order valence-corrected chi connectivity index (χ3v) is 3.23. The molecule has 1 fully saturated rings. The Morgan fingerprint density at radius 2 is 2.18 bits per heavy atom. The van der Waals surface area contributed by atoms with Gasteiger partial charge in [-0.1, -0.05) is 13.8 Å². The third kappa shape index (κ3) is 3.45. The molecule has 1 aliphatic rings. The van der Waals surface area contributed by atoms with E-state index in [9.17, 15) is 0 Å². The van der Waals surface area contributed by atoms with E-state index in [1.165, 1.54) is 18.6 Å². The molecule has 3 heteroatoms. The molecule has 0 bridgehead atoms. The van der Waals surface area contributed by atoms with Gasteiger partial charge in [0.2, 0.25) is 0 Å². The van der Waals surface area contributed by atoms with Crippen molar-refractivity contribution in [1.29, 1.82) is 0 Å². The van der Waals surface area contributed by atoms with Crippen molar-refractivity contribution in [3.05, 3.63) is 0 Å². The molecule has 0 aliphatic heterocycles. The molecule has 1 aliphatic carbocycles. The zero-order chi connectivity index (χ0) is 8.27. The second-order valence-electron chi connectivity index (χ2n) is 3.49. The van der Waals surface area contributed by atoms with Gasteiger partial charge in [0, 0.05) is 11.8 Å². The van der Waals surface area contributed by atoms with Gasteiger partial charge in [0.25, 0.3) is 0 Å². The lowest BCUT2D eigenvalue weighted by molar-refractivity contribution is 0.520. The van der Waals surface area contributed by atoms with Crippen molar-refractivity contribution < 1.29 is 0 Å². The standard InChI is InChI=1S/C8H18N2S/c1-6(2)11-5-8(10-9)7-3-4-7/h6-8,10H,3-5,9H2,1-2H3. The molecule has 3 N–H and O–H groups in total. The second kappa shape index (κ2) is 4.33. The molecule has 0 aromatic carbocycles. The summed E-state index contributed by atoms with van der Waals surface area (Å²) in [4.78, 5) is 0. The Morgan fingerprint density at radius 3 is 2.55 bits per heavy atom. The summed E-state index contributed by atoms with van der Waals surface area (Å²) in [6.45, 7) is 4.45. The van der Waals surface area contributed by atoms with Crippen molar-refractivity contribution >= 4 is 11.8 Å². The van der Waals surface area contributed by atoms with Crippen LogP contribution in [0.15, 0.2) is 0 Å². The van der Waals surface area contributed by atoms with Crippen LogP contribution in [0.2, 0.25) is 0 Å². The Kier molecular flexibility index (Phi) is 3.69. The summed E-state index contributed by atoms with van der Waals surface area (Å²) >= 11 is 1.99. The highest BCUT2D eigenvalue weighted by molar-refractivity contribution is 7.99. The summed E-state index contributed by atoms with van der Waals surface area (Å²) in [5, 5.41) is 0.726. The first-order valence-electron chi connectivity index (χ1n) is 4.31. The normalized spacial score (nSPS) is 20.7. The van der Waals surface area contributed by atoms with E-state index >= 15 is 0 Å². The average Bonchev–Trinajstić information content (AvgIpc) is 2.72. The van der Waals surface area contributed by atoms with E-state index in [0.29, 0.717) is 6.04 Å². The van der Waals surface area contributed by atoms with Crippen LogP contribution in [0.1, 0.15) is 26.7 Å². The lowest BCUT2D eigenvalue weighted by Crippen LogP contribution is -2.38. The molecular weight excluding hydrogens is 156 g/mol. The fourth-order valence-electron chi connectivity index (χ4n) is 1.11. The summed E-state index contributed by atoms with van der Waals surface area (Å²) in [6.07, 6.45) is 2.74. The van der Waals surface area contributed by atoms with E-state index in [-0.39, 0.29) is 0 Å². The summed E-state index contributed by atoms with van der Waals surface area (Å²) < 4.78 is 0. The van der Waals surface area contributed by atoms with Crippen molar-refractivity contribution in [2.75, 3.05) is 5.75 Å². The van der Waals surface area contributed by atoms with Crippen LogP contribution in [-0.2, 0) is 0 Å². The SMILES string of the molecule is CC(C)SCC(NN)C1CC1. The van der Waals surface area contributed by atoms with E-state index in [4.69, 9.17) is 5.84 Å². The monoisotopic (exact) mass is 174 g/mol. The predicted octanol–water partition coefficient (Wildman–Crippen LogP) is 1.37. The van der Waals surface area contributed by atoms with Crippen LogP contribution in [0.25, 0.3) is 0 Å². The minimum absolute atomic E-state index is 0.558. The number of hydrazine groups is 1. The molecule has 0 aromatic heterocycles. The fraction of sp³-hybridized carbons (Fsp3) is 1.00. The summed E-state index contributed by atoms with van der Waals surface area (Å²) in [7, 11) is 0. The van der Waals surface area contributed by atoms with Gasteiger partial charge in [-0.15, -0.1) is 0 Å². The highest BCUT2D eigenvalue weighted by Gasteiger charge is 2.30. The first kappa shape index (κ1) is 9.36. The van der Waals surface area contributed by atoms with Crippen molar-refractivity contribution in [2.24, 2.45) is 11.8 Å². The highest BCUT2D eigenvalue weighted by Crippen LogP contribution is 2.34. The van der Waals surface area contributed by atoms with Gasteiger partial charge in [0.05, 0.1) is 0 Å². The molecule has 0 spiro atoms. The largest absolute Gasteiger partial charge is 0.271 e. The van der Waals surface area contributed by atoms with Crippen molar-refractivity contribution in [3.63, 3.8) is 0 Å². The Balaban J connectivity index is 2.10. The molecule has 0 heterocycles. The molecule has 1 unspecified atom stereocenters. The zero-order valence-corrected chi connectivity index (χ0v) is 8.16. The average molecular weight is 174 g/mol. The number of hydrogen-bond donors (Lipinski definition) is 2. The number of nitrogens with one attached hydrogen (secondary N) is 1. The van der Waals surface area contributed by atoms with Gasteiger partial charge < -0.3 is 0 Å². The summed E-state index contributed by atoms with van der Waals surface area (Å²) in [5.41, 5.74) is 2.90. The maximum atomic E-state index is 5.44. The number of hydrogen-bond acceptors (Lipinski definition) is 3. The lowest BCUT2D eigenvalue weighted by atomic mass is 10.2. The smallest absolute Gasteiger partial charge is 0.0329 e. The molecule has 1 rings (SSSR count). The van der Waals surface area contributed by atoms with Gasteiger partial charge in [-0.3, -0.25) is 11.3 Å². The second-order valence-corrected chi connectivity index (χ2v) is 5.10.